The number of amides is 1. The molecule has 0 N–H and O–H groups in total. The van der Waals surface area contributed by atoms with E-state index in [1.165, 1.54) is 0 Å². The quantitative estimate of drug-likeness (QED) is 0.678. The molecule has 4 rings (SSSR count). The maximum atomic E-state index is 13.0. The van der Waals surface area contributed by atoms with Crippen molar-refractivity contribution in [2.24, 2.45) is 0 Å². The topological polar surface area (TPSA) is 50.5 Å². The minimum absolute atomic E-state index is 0.0954. The number of halogens is 1. The molecule has 0 spiro atoms. The molecule has 0 unspecified atom stereocenters. The first-order valence-electron chi connectivity index (χ1n) is 7.19. The van der Waals surface area contributed by atoms with Gasteiger partial charge in [-0.25, -0.2) is 9.50 Å². The highest BCUT2D eigenvalue weighted by molar-refractivity contribution is 7.99. The van der Waals surface area contributed by atoms with Gasteiger partial charge in [-0.3, -0.25) is 4.79 Å². The van der Waals surface area contributed by atoms with Crippen molar-refractivity contribution >= 4 is 40.6 Å². The molecule has 0 bridgehead atoms. The molecule has 1 aromatic carbocycles. The van der Waals surface area contributed by atoms with E-state index in [9.17, 15) is 4.79 Å². The standard InChI is InChI=1S/C16H13ClN4OS/c1-10-4-5-21-15(19-10)12(9-18-21)16(22)20-6-7-23-14-3-2-11(17)8-13(14)20/h2-5,8-9H,6-7H2,1H3. The Morgan fingerprint density at radius 3 is 3.09 bits per heavy atom. The summed E-state index contributed by atoms with van der Waals surface area (Å²) in [6.45, 7) is 2.54. The molecule has 0 atom stereocenters. The Bertz CT molecular complexity index is 924. The van der Waals surface area contributed by atoms with Crippen LogP contribution < -0.4 is 4.90 Å². The SMILES string of the molecule is Cc1ccn2ncc(C(=O)N3CCSc4ccc(Cl)cc43)c2n1. The molecule has 0 fully saturated rings. The first-order valence-corrected chi connectivity index (χ1v) is 8.55. The second-order valence-electron chi connectivity index (χ2n) is 5.31. The Labute approximate surface area is 142 Å². The summed E-state index contributed by atoms with van der Waals surface area (Å²) in [5.41, 5.74) is 2.79. The summed E-state index contributed by atoms with van der Waals surface area (Å²) in [5, 5.41) is 4.85. The van der Waals surface area contributed by atoms with E-state index in [2.05, 4.69) is 10.1 Å². The molecule has 7 heteroatoms. The van der Waals surface area contributed by atoms with Gasteiger partial charge in [0.05, 0.1) is 11.9 Å². The van der Waals surface area contributed by atoms with E-state index < -0.39 is 0 Å². The summed E-state index contributed by atoms with van der Waals surface area (Å²) in [4.78, 5) is 20.3. The molecule has 23 heavy (non-hydrogen) atoms. The van der Waals surface area contributed by atoms with E-state index in [0.29, 0.717) is 22.8 Å². The fourth-order valence-electron chi connectivity index (χ4n) is 2.66. The van der Waals surface area contributed by atoms with Crippen LogP contribution in [0.5, 0.6) is 0 Å². The van der Waals surface area contributed by atoms with Crippen molar-refractivity contribution in [1.29, 1.82) is 0 Å². The molecule has 0 aliphatic carbocycles. The highest BCUT2D eigenvalue weighted by atomic mass is 35.5. The van der Waals surface area contributed by atoms with Crippen molar-refractivity contribution < 1.29 is 4.79 Å². The van der Waals surface area contributed by atoms with E-state index in [4.69, 9.17) is 11.6 Å². The maximum absolute atomic E-state index is 13.0. The average Bonchev–Trinajstić information content (AvgIpc) is 2.96. The van der Waals surface area contributed by atoms with Crippen molar-refractivity contribution in [2.75, 3.05) is 17.2 Å². The van der Waals surface area contributed by atoms with Crippen LogP contribution in [0.1, 0.15) is 16.1 Å². The number of anilines is 1. The Morgan fingerprint density at radius 2 is 2.22 bits per heavy atom. The second-order valence-corrected chi connectivity index (χ2v) is 6.89. The van der Waals surface area contributed by atoms with Crippen LogP contribution in [0.4, 0.5) is 5.69 Å². The molecule has 2 aromatic heterocycles. The molecular formula is C16H13ClN4OS. The molecular weight excluding hydrogens is 332 g/mol. The lowest BCUT2D eigenvalue weighted by molar-refractivity contribution is 0.0989. The van der Waals surface area contributed by atoms with Crippen LogP contribution >= 0.6 is 23.4 Å². The number of thioether (sulfide) groups is 1. The van der Waals surface area contributed by atoms with E-state index in [-0.39, 0.29) is 5.91 Å². The number of hydrogen-bond acceptors (Lipinski definition) is 4. The number of carbonyl (C=O) groups is 1. The second kappa shape index (κ2) is 5.54. The lowest BCUT2D eigenvalue weighted by Gasteiger charge is -2.28. The first-order chi connectivity index (χ1) is 11.1. The van der Waals surface area contributed by atoms with E-state index in [1.54, 1.807) is 27.4 Å². The van der Waals surface area contributed by atoms with Crippen LogP contribution in [-0.2, 0) is 0 Å². The zero-order chi connectivity index (χ0) is 16.0. The number of aryl methyl sites for hydroxylation is 1. The van der Waals surface area contributed by atoms with E-state index in [1.807, 2.05) is 37.4 Å². The molecule has 116 valence electrons. The smallest absolute Gasteiger partial charge is 0.263 e. The number of rotatable bonds is 1. The lowest BCUT2D eigenvalue weighted by atomic mass is 10.2. The van der Waals surface area contributed by atoms with Gasteiger partial charge in [0.1, 0.15) is 5.56 Å². The molecule has 0 radical (unpaired) electrons. The molecule has 1 amide bonds. The summed E-state index contributed by atoms with van der Waals surface area (Å²) >= 11 is 7.84. The van der Waals surface area contributed by atoms with E-state index in [0.717, 1.165) is 22.0 Å². The van der Waals surface area contributed by atoms with Crippen LogP contribution in [0, 0.1) is 6.92 Å². The average molecular weight is 345 g/mol. The Kier molecular flexibility index (Phi) is 3.50. The molecule has 3 aromatic rings. The minimum atomic E-state index is -0.0954. The molecule has 0 saturated carbocycles. The summed E-state index contributed by atoms with van der Waals surface area (Å²) in [6, 6.07) is 7.51. The fourth-order valence-corrected chi connectivity index (χ4v) is 3.80. The molecule has 5 nitrogen and oxygen atoms in total. The fraction of sp³-hybridized carbons (Fsp3) is 0.188. The molecule has 0 saturated heterocycles. The molecule has 1 aliphatic heterocycles. The number of hydrogen-bond donors (Lipinski definition) is 0. The Hall–Kier alpha value is -2.05. The third kappa shape index (κ3) is 2.48. The molecule has 1 aliphatic rings. The predicted molar refractivity (Wildman–Crippen MR) is 91.6 cm³/mol. The summed E-state index contributed by atoms with van der Waals surface area (Å²) < 4.78 is 1.62. The zero-order valence-electron chi connectivity index (χ0n) is 12.4. The number of carbonyl (C=O) groups excluding carboxylic acids is 1. The maximum Gasteiger partial charge on any atom is 0.263 e. The number of benzene rings is 1. The van der Waals surface area contributed by atoms with Gasteiger partial charge in [-0.1, -0.05) is 11.6 Å². The normalized spacial score (nSPS) is 14.1. The van der Waals surface area contributed by atoms with Crippen LogP contribution in [0.15, 0.2) is 41.6 Å². The summed E-state index contributed by atoms with van der Waals surface area (Å²) in [7, 11) is 0. The van der Waals surface area contributed by atoms with Crippen LogP contribution in [-0.4, -0.2) is 32.8 Å². The van der Waals surface area contributed by atoms with Crippen molar-refractivity contribution in [3.8, 4) is 0 Å². The van der Waals surface area contributed by atoms with Gasteiger partial charge in [-0.05, 0) is 31.2 Å². The van der Waals surface area contributed by atoms with Gasteiger partial charge >= 0.3 is 0 Å². The van der Waals surface area contributed by atoms with Gasteiger partial charge in [0.25, 0.3) is 5.91 Å². The highest BCUT2D eigenvalue weighted by Gasteiger charge is 2.27. The van der Waals surface area contributed by atoms with Crippen LogP contribution in [0.3, 0.4) is 0 Å². The Balaban J connectivity index is 1.81. The first kappa shape index (κ1) is 14.5. The summed E-state index contributed by atoms with van der Waals surface area (Å²) in [5.74, 6) is 0.758. The van der Waals surface area contributed by atoms with Crippen LogP contribution in [0.25, 0.3) is 5.65 Å². The monoisotopic (exact) mass is 344 g/mol. The third-order valence-electron chi connectivity index (χ3n) is 3.77. The number of fused-ring (bicyclic) bond motifs is 2. The van der Waals surface area contributed by atoms with Gasteiger partial charge in [-0.15, -0.1) is 11.8 Å². The predicted octanol–water partition coefficient (Wildman–Crippen LogP) is 3.44. The zero-order valence-corrected chi connectivity index (χ0v) is 13.9. The van der Waals surface area contributed by atoms with E-state index >= 15 is 0 Å². The Morgan fingerprint density at radius 1 is 1.35 bits per heavy atom. The lowest BCUT2D eigenvalue weighted by Crippen LogP contribution is -2.35. The summed E-state index contributed by atoms with van der Waals surface area (Å²) in [6.07, 6.45) is 3.39. The number of nitrogens with zero attached hydrogens (tertiary/aromatic N) is 4. The van der Waals surface area contributed by atoms with Gasteiger partial charge in [0, 0.05) is 34.1 Å². The van der Waals surface area contributed by atoms with Gasteiger partial charge < -0.3 is 4.90 Å². The highest BCUT2D eigenvalue weighted by Crippen LogP contribution is 2.37. The van der Waals surface area contributed by atoms with Crippen molar-refractivity contribution in [2.45, 2.75) is 11.8 Å². The van der Waals surface area contributed by atoms with Gasteiger partial charge in [0.15, 0.2) is 5.65 Å². The number of aromatic nitrogens is 3. The van der Waals surface area contributed by atoms with Crippen molar-refractivity contribution in [1.82, 2.24) is 14.6 Å². The van der Waals surface area contributed by atoms with Crippen molar-refractivity contribution in [3.63, 3.8) is 0 Å². The molecule has 3 heterocycles. The van der Waals surface area contributed by atoms with Gasteiger partial charge in [0.2, 0.25) is 0 Å². The van der Waals surface area contributed by atoms with Crippen molar-refractivity contribution in [3.05, 3.63) is 52.9 Å². The van der Waals surface area contributed by atoms with Crippen LogP contribution in [0.2, 0.25) is 5.02 Å². The minimum Gasteiger partial charge on any atom is -0.306 e. The van der Waals surface area contributed by atoms with Gasteiger partial charge in [-0.2, -0.15) is 5.10 Å². The largest absolute Gasteiger partial charge is 0.306 e. The third-order valence-corrected chi connectivity index (χ3v) is 5.05.